The van der Waals surface area contributed by atoms with Gasteiger partial charge in [0.15, 0.2) is 0 Å². The molecule has 1 aliphatic heterocycles. The minimum absolute atomic E-state index is 0.0207. The quantitative estimate of drug-likeness (QED) is 0.795. The molecule has 1 saturated heterocycles. The first-order chi connectivity index (χ1) is 13.3. The molecule has 3 rings (SSSR count). The van der Waals surface area contributed by atoms with Crippen LogP contribution < -0.4 is 9.64 Å². The number of carbonyl (C=O) groups excluding carboxylic acids is 1. The number of aliphatic hydroxyl groups excluding tert-OH is 1. The number of rotatable bonds is 5. The lowest BCUT2D eigenvalue weighted by Gasteiger charge is -2.41. The van der Waals surface area contributed by atoms with E-state index in [0.29, 0.717) is 46.8 Å². The predicted molar refractivity (Wildman–Crippen MR) is 109 cm³/mol. The normalized spacial score (nSPS) is 17.1. The smallest absolute Gasteiger partial charge is 0.244 e. The lowest BCUT2D eigenvalue weighted by molar-refractivity contribution is -0.134. The Morgan fingerprint density at radius 1 is 1.36 bits per heavy atom. The van der Waals surface area contributed by atoms with E-state index >= 15 is 0 Å². The summed E-state index contributed by atoms with van der Waals surface area (Å²) in [7, 11) is 1.59. The molecule has 7 nitrogen and oxygen atoms in total. The van der Waals surface area contributed by atoms with Gasteiger partial charge in [0.1, 0.15) is 18.0 Å². The minimum atomic E-state index is -0.250. The van der Waals surface area contributed by atoms with Crippen molar-refractivity contribution in [1.82, 2.24) is 14.7 Å². The number of halogens is 2. The average molecular weight is 427 g/mol. The predicted octanol–water partition coefficient (Wildman–Crippen LogP) is 2.74. The van der Waals surface area contributed by atoms with E-state index in [9.17, 15) is 9.90 Å². The van der Waals surface area contributed by atoms with Crippen LogP contribution in [-0.2, 0) is 17.9 Å². The first-order valence-corrected chi connectivity index (χ1v) is 9.81. The van der Waals surface area contributed by atoms with Gasteiger partial charge in [-0.15, -0.1) is 0 Å². The van der Waals surface area contributed by atoms with Gasteiger partial charge in [0.05, 0.1) is 29.5 Å². The zero-order valence-corrected chi connectivity index (χ0v) is 17.7. The SMILES string of the molecule is COc1cc(N2CCN(C(=O)Cn3nc(CO)c(Cl)c3C)[C@@H](C)C2)ccc1Cl. The lowest BCUT2D eigenvalue weighted by Crippen LogP contribution is -2.54. The van der Waals surface area contributed by atoms with Gasteiger partial charge in [-0.1, -0.05) is 23.2 Å². The highest BCUT2D eigenvalue weighted by Crippen LogP contribution is 2.30. The summed E-state index contributed by atoms with van der Waals surface area (Å²) in [5.74, 6) is 0.614. The molecule has 1 aromatic heterocycles. The minimum Gasteiger partial charge on any atom is -0.495 e. The van der Waals surface area contributed by atoms with Crippen molar-refractivity contribution < 1.29 is 14.6 Å². The number of hydrogen-bond donors (Lipinski definition) is 1. The molecule has 0 aliphatic carbocycles. The molecule has 0 spiro atoms. The average Bonchev–Trinajstić information content (AvgIpc) is 2.96. The molecule has 1 aromatic carbocycles. The van der Waals surface area contributed by atoms with E-state index in [-0.39, 0.29) is 25.1 Å². The largest absolute Gasteiger partial charge is 0.495 e. The van der Waals surface area contributed by atoms with Crippen LogP contribution in [0.25, 0.3) is 0 Å². The van der Waals surface area contributed by atoms with Gasteiger partial charge in [0, 0.05) is 37.4 Å². The summed E-state index contributed by atoms with van der Waals surface area (Å²) < 4.78 is 6.85. The van der Waals surface area contributed by atoms with Crippen molar-refractivity contribution in [2.24, 2.45) is 0 Å². The third kappa shape index (κ3) is 4.06. The number of ether oxygens (including phenoxy) is 1. The van der Waals surface area contributed by atoms with Crippen LogP contribution in [0.4, 0.5) is 5.69 Å². The molecule has 0 radical (unpaired) electrons. The Morgan fingerprint density at radius 3 is 2.71 bits per heavy atom. The van der Waals surface area contributed by atoms with Crippen LogP contribution in [0.1, 0.15) is 18.3 Å². The topological polar surface area (TPSA) is 70.8 Å². The molecule has 152 valence electrons. The monoisotopic (exact) mass is 426 g/mol. The lowest BCUT2D eigenvalue weighted by atomic mass is 10.1. The Morgan fingerprint density at radius 2 is 2.11 bits per heavy atom. The molecule has 1 amide bonds. The maximum atomic E-state index is 12.8. The van der Waals surface area contributed by atoms with E-state index in [1.807, 2.05) is 30.0 Å². The molecular formula is C19H24Cl2N4O3. The van der Waals surface area contributed by atoms with E-state index in [0.717, 1.165) is 5.69 Å². The Labute approximate surface area is 174 Å². The van der Waals surface area contributed by atoms with Crippen LogP contribution in [0.3, 0.4) is 0 Å². The second-order valence-corrected chi connectivity index (χ2v) is 7.65. The zero-order chi connectivity index (χ0) is 20.4. The molecule has 1 atom stereocenters. The molecule has 2 heterocycles. The second kappa shape index (κ2) is 8.59. The van der Waals surface area contributed by atoms with Crippen LogP contribution in [-0.4, -0.2) is 58.5 Å². The van der Waals surface area contributed by atoms with Crippen LogP contribution in [0.15, 0.2) is 18.2 Å². The van der Waals surface area contributed by atoms with Gasteiger partial charge in [-0.3, -0.25) is 9.48 Å². The summed E-state index contributed by atoms with van der Waals surface area (Å²) in [4.78, 5) is 16.9. The third-order valence-electron chi connectivity index (χ3n) is 5.08. The van der Waals surface area contributed by atoms with Crippen LogP contribution in [0.2, 0.25) is 10.0 Å². The number of hydrogen-bond acceptors (Lipinski definition) is 5. The van der Waals surface area contributed by atoms with Crippen molar-refractivity contribution in [1.29, 1.82) is 0 Å². The highest BCUT2D eigenvalue weighted by molar-refractivity contribution is 6.32. The van der Waals surface area contributed by atoms with Crippen molar-refractivity contribution >= 4 is 34.8 Å². The van der Waals surface area contributed by atoms with Gasteiger partial charge in [0.2, 0.25) is 5.91 Å². The first kappa shape index (κ1) is 20.8. The summed E-state index contributed by atoms with van der Waals surface area (Å²) >= 11 is 12.3. The Balaban J connectivity index is 1.67. The number of anilines is 1. The van der Waals surface area contributed by atoms with Crippen LogP contribution >= 0.6 is 23.2 Å². The summed E-state index contributed by atoms with van der Waals surface area (Å²) in [5, 5.41) is 14.5. The summed E-state index contributed by atoms with van der Waals surface area (Å²) in [6, 6.07) is 5.73. The number of methoxy groups -OCH3 is 1. The fourth-order valence-corrected chi connectivity index (χ4v) is 3.86. The maximum absolute atomic E-state index is 12.8. The van der Waals surface area contributed by atoms with E-state index in [4.69, 9.17) is 27.9 Å². The van der Waals surface area contributed by atoms with Gasteiger partial charge in [-0.2, -0.15) is 5.10 Å². The van der Waals surface area contributed by atoms with Gasteiger partial charge in [-0.05, 0) is 26.0 Å². The van der Waals surface area contributed by atoms with Crippen LogP contribution in [0.5, 0.6) is 5.75 Å². The highest BCUT2D eigenvalue weighted by Gasteiger charge is 2.28. The Kier molecular flexibility index (Phi) is 6.37. The number of amides is 1. The van der Waals surface area contributed by atoms with Crippen molar-refractivity contribution in [2.45, 2.75) is 33.0 Å². The first-order valence-electron chi connectivity index (χ1n) is 9.06. The standard InChI is InChI=1S/C19H24Cl2N4O3/c1-12-9-23(14-4-5-15(20)17(8-14)28-3)6-7-24(12)18(27)10-25-13(2)19(21)16(11-26)22-25/h4-5,8,12,26H,6-7,9-11H2,1-3H3/t12-/m0/s1. The number of piperazine rings is 1. The van der Waals surface area contributed by atoms with Crippen molar-refractivity contribution in [3.05, 3.63) is 39.6 Å². The number of aromatic nitrogens is 2. The van der Waals surface area contributed by atoms with Crippen molar-refractivity contribution in [3.8, 4) is 5.75 Å². The van der Waals surface area contributed by atoms with Crippen molar-refractivity contribution in [2.75, 3.05) is 31.6 Å². The molecule has 9 heteroatoms. The third-order valence-corrected chi connectivity index (χ3v) is 5.89. The molecule has 1 fully saturated rings. The zero-order valence-electron chi connectivity index (χ0n) is 16.2. The van der Waals surface area contributed by atoms with Crippen LogP contribution in [0, 0.1) is 6.92 Å². The summed E-state index contributed by atoms with van der Waals surface area (Å²) in [5.41, 5.74) is 2.09. The number of benzene rings is 1. The van der Waals surface area contributed by atoms with Gasteiger partial charge < -0.3 is 19.6 Å². The van der Waals surface area contributed by atoms with Gasteiger partial charge in [0.25, 0.3) is 0 Å². The number of aliphatic hydroxyl groups is 1. The van der Waals surface area contributed by atoms with E-state index < -0.39 is 0 Å². The Hall–Kier alpha value is -1.96. The molecule has 0 unspecified atom stereocenters. The van der Waals surface area contributed by atoms with Gasteiger partial charge in [-0.25, -0.2) is 0 Å². The van der Waals surface area contributed by atoms with E-state index in [1.54, 1.807) is 18.7 Å². The van der Waals surface area contributed by atoms with Crippen molar-refractivity contribution in [3.63, 3.8) is 0 Å². The van der Waals surface area contributed by atoms with E-state index in [2.05, 4.69) is 10.00 Å². The molecule has 28 heavy (non-hydrogen) atoms. The Bertz CT molecular complexity index is 871. The molecule has 0 saturated carbocycles. The fraction of sp³-hybridized carbons (Fsp3) is 0.474. The maximum Gasteiger partial charge on any atom is 0.244 e. The summed E-state index contributed by atoms with van der Waals surface area (Å²) in [6.07, 6.45) is 0. The van der Waals surface area contributed by atoms with E-state index in [1.165, 1.54) is 0 Å². The molecular weight excluding hydrogens is 403 g/mol. The number of nitrogens with zero attached hydrogens (tertiary/aromatic N) is 4. The molecule has 1 N–H and O–H groups in total. The highest BCUT2D eigenvalue weighted by atomic mass is 35.5. The molecule has 2 aromatic rings. The second-order valence-electron chi connectivity index (χ2n) is 6.86. The summed E-state index contributed by atoms with van der Waals surface area (Å²) in [6.45, 7) is 5.69. The molecule has 0 bridgehead atoms. The fourth-order valence-electron chi connectivity index (χ4n) is 3.47. The molecule has 1 aliphatic rings. The van der Waals surface area contributed by atoms with Gasteiger partial charge >= 0.3 is 0 Å². The number of carbonyl (C=O) groups is 1.